The van der Waals surface area contributed by atoms with E-state index in [0.717, 1.165) is 46.9 Å². The second kappa shape index (κ2) is 5.44. The minimum Gasteiger partial charge on any atom is -0.399 e. The fourth-order valence-electron chi connectivity index (χ4n) is 2.31. The molecule has 0 spiro atoms. The summed E-state index contributed by atoms with van der Waals surface area (Å²) in [6.07, 6.45) is 1.69. The zero-order valence-corrected chi connectivity index (χ0v) is 12.3. The number of hydrogen-bond donors (Lipinski definition) is 2. The molecule has 3 rings (SSSR count). The van der Waals surface area contributed by atoms with E-state index in [1.807, 2.05) is 49.3 Å². The first-order chi connectivity index (χ1) is 10.1. The van der Waals surface area contributed by atoms with Crippen LogP contribution < -0.4 is 10.6 Å². The van der Waals surface area contributed by atoms with E-state index in [9.17, 15) is 0 Å². The Hall–Kier alpha value is -2.56. The van der Waals surface area contributed by atoms with Crippen LogP contribution in [0.1, 0.15) is 11.4 Å². The first kappa shape index (κ1) is 13.4. The van der Waals surface area contributed by atoms with Crippen LogP contribution in [0.25, 0.3) is 11.2 Å². The number of nitrogens with two attached hydrogens (primary N) is 1. The van der Waals surface area contributed by atoms with E-state index in [1.165, 1.54) is 0 Å². The zero-order valence-electron chi connectivity index (χ0n) is 12.3. The number of para-hydroxylation sites is 1. The van der Waals surface area contributed by atoms with Gasteiger partial charge in [-0.3, -0.25) is 0 Å². The van der Waals surface area contributed by atoms with Crippen LogP contribution >= 0.6 is 0 Å². The molecule has 0 saturated carbocycles. The number of aromatic nitrogens is 3. The maximum absolute atomic E-state index is 5.96. The summed E-state index contributed by atoms with van der Waals surface area (Å²) in [5, 5.41) is 0. The number of aryl methyl sites for hydroxylation is 2. The van der Waals surface area contributed by atoms with E-state index in [4.69, 9.17) is 5.73 Å². The molecule has 0 atom stereocenters. The fraction of sp³-hybridized carbons (Fsp3) is 0.250. The number of nitrogens with zero attached hydrogens (tertiary/aromatic N) is 3. The van der Waals surface area contributed by atoms with Crippen LogP contribution in [-0.2, 0) is 12.8 Å². The van der Waals surface area contributed by atoms with Gasteiger partial charge in [-0.05, 0) is 30.2 Å². The Balaban J connectivity index is 1.80. The van der Waals surface area contributed by atoms with Gasteiger partial charge >= 0.3 is 0 Å². The van der Waals surface area contributed by atoms with E-state index in [1.54, 1.807) is 0 Å². The molecule has 5 heteroatoms. The molecule has 21 heavy (non-hydrogen) atoms. The number of pyridine rings is 1. The van der Waals surface area contributed by atoms with Crippen LogP contribution in [0, 0.1) is 0 Å². The van der Waals surface area contributed by atoms with Gasteiger partial charge in [-0.2, -0.15) is 0 Å². The lowest BCUT2D eigenvalue weighted by Gasteiger charge is -2.09. The van der Waals surface area contributed by atoms with Gasteiger partial charge in [-0.1, -0.05) is 18.2 Å². The Bertz CT molecular complexity index is 760. The van der Waals surface area contributed by atoms with Crippen LogP contribution in [0.15, 0.2) is 36.4 Å². The van der Waals surface area contributed by atoms with Gasteiger partial charge in [0.15, 0.2) is 5.65 Å². The summed E-state index contributed by atoms with van der Waals surface area (Å²) < 4.78 is 0. The highest BCUT2D eigenvalue weighted by atomic mass is 15.1. The number of aromatic amines is 1. The lowest BCUT2D eigenvalue weighted by atomic mass is 10.1. The van der Waals surface area contributed by atoms with Crippen LogP contribution in [0.2, 0.25) is 0 Å². The molecule has 3 aromatic rings. The second-order valence-corrected chi connectivity index (χ2v) is 5.32. The third-order valence-corrected chi connectivity index (χ3v) is 3.52. The molecular weight excluding hydrogens is 262 g/mol. The normalized spacial score (nSPS) is 11.0. The molecule has 1 aromatic carbocycles. The second-order valence-electron chi connectivity index (χ2n) is 5.32. The highest BCUT2D eigenvalue weighted by Gasteiger charge is 2.07. The first-order valence-electron chi connectivity index (χ1n) is 7.00. The smallest absolute Gasteiger partial charge is 0.179 e. The third kappa shape index (κ3) is 2.81. The molecule has 0 saturated heterocycles. The maximum Gasteiger partial charge on any atom is 0.179 e. The van der Waals surface area contributed by atoms with Gasteiger partial charge in [0.2, 0.25) is 0 Å². The third-order valence-electron chi connectivity index (χ3n) is 3.52. The number of benzene rings is 1. The summed E-state index contributed by atoms with van der Waals surface area (Å²) in [6.45, 7) is 0. The molecule has 2 aromatic heterocycles. The number of H-pyrrole nitrogens is 1. The van der Waals surface area contributed by atoms with Crippen LogP contribution in [0.4, 0.5) is 11.5 Å². The van der Waals surface area contributed by atoms with Gasteiger partial charge in [0.25, 0.3) is 0 Å². The predicted molar refractivity (Wildman–Crippen MR) is 86.5 cm³/mol. The summed E-state index contributed by atoms with van der Waals surface area (Å²) in [5.74, 6) is 1.85. The van der Waals surface area contributed by atoms with Crippen molar-refractivity contribution < 1.29 is 0 Å². The number of nitrogen functional groups attached to an aromatic ring is 1. The van der Waals surface area contributed by atoms with E-state index in [0.29, 0.717) is 0 Å². The van der Waals surface area contributed by atoms with Gasteiger partial charge in [-0.25, -0.2) is 9.97 Å². The number of rotatable bonds is 4. The number of hydrogen-bond acceptors (Lipinski definition) is 4. The summed E-state index contributed by atoms with van der Waals surface area (Å²) in [6, 6.07) is 12.0. The van der Waals surface area contributed by atoms with Crippen molar-refractivity contribution in [2.75, 3.05) is 24.7 Å². The molecule has 0 amide bonds. The Morgan fingerprint density at radius 1 is 1.05 bits per heavy atom. The lowest BCUT2D eigenvalue weighted by molar-refractivity contribution is 0.890. The molecule has 0 bridgehead atoms. The quantitative estimate of drug-likeness (QED) is 0.720. The van der Waals surface area contributed by atoms with Crippen molar-refractivity contribution in [3.05, 3.63) is 47.8 Å². The fourth-order valence-corrected chi connectivity index (χ4v) is 2.31. The lowest BCUT2D eigenvalue weighted by Crippen LogP contribution is -2.10. The molecule has 0 fully saturated rings. The Morgan fingerprint density at radius 3 is 2.62 bits per heavy atom. The van der Waals surface area contributed by atoms with Crippen molar-refractivity contribution in [1.29, 1.82) is 0 Å². The first-order valence-corrected chi connectivity index (χ1v) is 7.00. The number of fused-ring (bicyclic) bond motifs is 1. The van der Waals surface area contributed by atoms with Crippen molar-refractivity contribution in [2.45, 2.75) is 12.8 Å². The zero-order chi connectivity index (χ0) is 14.8. The highest BCUT2D eigenvalue weighted by molar-refractivity contribution is 5.73. The Kier molecular flexibility index (Phi) is 3.48. The van der Waals surface area contributed by atoms with Gasteiger partial charge in [0.05, 0.1) is 5.52 Å². The predicted octanol–water partition coefficient (Wildman–Crippen LogP) is 2.39. The van der Waals surface area contributed by atoms with Crippen molar-refractivity contribution in [2.24, 2.45) is 0 Å². The van der Waals surface area contributed by atoms with Crippen molar-refractivity contribution in [1.82, 2.24) is 15.0 Å². The molecule has 0 unspecified atom stereocenters. The minimum atomic E-state index is 0.761. The van der Waals surface area contributed by atoms with E-state index >= 15 is 0 Å². The molecule has 0 aliphatic carbocycles. The molecule has 3 N–H and O–H groups in total. The van der Waals surface area contributed by atoms with Crippen molar-refractivity contribution in [3.63, 3.8) is 0 Å². The van der Waals surface area contributed by atoms with Crippen LogP contribution in [0.3, 0.4) is 0 Å². The van der Waals surface area contributed by atoms with E-state index < -0.39 is 0 Å². The summed E-state index contributed by atoms with van der Waals surface area (Å²) in [7, 11) is 3.94. The molecule has 0 aliphatic heterocycles. The molecule has 5 nitrogen and oxygen atoms in total. The Labute approximate surface area is 123 Å². The summed E-state index contributed by atoms with van der Waals surface area (Å²) in [4.78, 5) is 14.4. The largest absolute Gasteiger partial charge is 0.399 e. The van der Waals surface area contributed by atoms with Crippen molar-refractivity contribution >= 4 is 22.7 Å². The van der Waals surface area contributed by atoms with E-state index in [-0.39, 0.29) is 0 Å². The maximum atomic E-state index is 5.96. The van der Waals surface area contributed by atoms with E-state index in [2.05, 4.69) is 21.0 Å². The average molecular weight is 281 g/mol. The average Bonchev–Trinajstić information content (AvgIpc) is 2.88. The molecule has 2 heterocycles. The number of nitrogens with one attached hydrogen (secondary N) is 1. The highest BCUT2D eigenvalue weighted by Crippen LogP contribution is 2.17. The van der Waals surface area contributed by atoms with Gasteiger partial charge in [-0.15, -0.1) is 0 Å². The molecule has 108 valence electrons. The van der Waals surface area contributed by atoms with Gasteiger partial charge in [0, 0.05) is 26.2 Å². The number of imidazole rings is 1. The number of anilines is 2. The minimum absolute atomic E-state index is 0.761. The standard InChI is InChI=1S/C16H19N5/c1-21(2)15-10-8-13-16(20-15)19-14(18-13)9-7-11-5-3-4-6-12(11)17/h3-6,8,10H,7,9,17H2,1-2H3,(H,18,19,20). The van der Waals surface area contributed by atoms with Crippen LogP contribution in [0.5, 0.6) is 0 Å². The van der Waals surface area contributed by atoms with Crippen LogP contribution in [-0.4, -0.2) is 29.0 Å². The summed E-state index contributed by atoms with van der Waals surface area (Å²) >= 11 is 0. The Morgan fingerprint density at radius 2 is 1.86 bits per heavy atom. The summed E-state index contributed by atoms with van der Waals surface area (Å²) in [5.41, 5.74) is 9.68. The van der Waals surface area contributed by atoms with Gasteiger partial charge < -0.3 is 15.6 Å². The monoisotopic (exact) mass is 281 g/mol. The van der Waals surface area contributed by atoms with Gasteiger partial charge in [0.1, 0.15) is 11.6 Å². The molecule has 0 radical (unpaired) electrons. The topological polar surface area (TPSA) is 70.8 Å². The van der Waals surface area contributed by atoms with Crippen molar-refractivity contribution in [3.8, 4) is 0 Å². The molecule has 0 aliphatic rings. The SMILES string of the molecule is CN(C)c1ccc2[nH]c(CCc3ccccc3N)nc2n1. The molecular formula is C16H19N5.